The van der Waals surface area contributed by atoms with Crippen molar-refractivity contribution in [2.24, 2.45) is 5.41 Å². The molecule has 0 amide bonds. The van der Waals surface area contributed by atoms with Gasteiger partial charge in [0.05, 0.1) is 6.42 Å². The summed E-state index contributed by atoms with van der Waals surface area (Å²) in [6.07, 6.45) is 3.34. The Balaban J connectivity index is 2.21. The molecule has 0 spiro atoms. The Morgan fingerprint density at radius 3 is 2.29 bits per heavy atom. The first-order valence-corrected chi connectivity index (χ1v) is 7.50. The van der Waals surface area contributed by atoms with E-state index in [2.05, 4.69) is 0 Å². The molecule has 0 aliphatic heterocycles. The third-order valence-corrected chi connectivity index (χ3v) is 4.51. The highest BCUT2D eigenvalue weighted by Gasteiger charge is 2.44. The minimum absolute atomic E-state index is 0.0107. The number of carboxylic acids is 1. The first kappa shape index (κ1) is 15.9. The van der Waals surface area contributed by atoms with Gasteiger partial charge in [0.25, 0.3) is 5.92 Å². The number of aliphatic carboxylic acids is 1. The summed E-state index contributed by atoms with van der Waals surface area (Å²) in [5, 5.41) is 9.09. The van der Waals surface area contributed by atoms with Gasteiger partial charge in [0.1, 0.15) is 0 Å². The molecule has 1 N–H and O–H groups in total. The van der Waals surface area contributed by atoms with Gasteiger partial charge in [-0.15, -0.1) is 0 Å². The smallest absolute Gasteiger partial charge is 0.303 e. The predicted octanol–water partition coefficient (Wildman–Crippen LogP) is 4.90. The largest absolute Gasteiger partial charge is 0.481 e. The summed E-state index contributed by atoms with van der Waals surface area (Å²) in [5.41, 5.74) is 0.161. The van der Waals surface area contributed by atoms with E-state index in [1.807, 2.05) is 6.92 Å². The number of aryl methyl sites for hydroxylation is 1. The second-order valence-corrected chi connectivity index (χ2v) is 6.38. The van der Waals surface area contributed by atoms with E-state index in [0.717, 1.165) is 24.8 Å². The van der Waals surface area contributed by atoms with E-state index in [1.54, 1.807) is 12.1 Å². The molecule has 2 nitrogen and oxygen atoms in total. The van der Waals surface area contributed by atoms with Crippen LogP contribution in [-0.2, 0) is 10.7 Å². The maximum absolute atomic E-state index is 14.6. The molecular formula is C17H22F2O2. The van der Waals surface area contributed by atoms with E-state index >= 15 is 0 Å². The molecular weight excluding hydrogens is 274 g/mol. The van der Waals surface area contributed by atoms with E-state index < -0.39 is 17.3 Å². The average molecular weight is 296 g/mol. The molecule has 1 saturated carbocycles. The van der Waals surface area contributed by atoms with Crippen LogP contribution in [0.1, 0.15) is 56.1 Å². The number of carbonyl (C=O) groups is 1. The zero-order chi connectivity index (χ0) is 15.5. The lowest BCUT2D eigenvalue weighted by Gasteiger charge is -2.38. The Morgan fingerprint density at radius 1 is 1.19 bits per heavy atom. The fourth-order valence-corrected chi connectivity index (χ4v) is 3.41. The van der Waals surface area contributed by atoms with Crippen LogP contribution in [0.3, 0.4) is 0 Å². The maximum atomic E-state index is 14.6. The third kappa shape index (κ3) is 4.02. The zero-order valence-electron chi connectivity index (χ0n) is 12.4. The van der Waals surface area contributed by atoms with Crippen LogP contribution in [0.2, 0.25) is 0 Å². The predicted molar refractivity (Wildman–Crippen MR) is 77.5 cm³/mol. The van der Waals surface area contributed by atoms with Gasteiger partial charge in [-0.05, 0) is 25.2 Å². The van der Waals surface area contributed by atoms with Crippen molar-refractivity contribution >= 4 is 5.97 Å². The van der Waals surface area contributed by atoms with Crippen molar-refractivity contribution in [2.45, 2.75) is 57.8 Å². The monoisotopic (exact) mass is 296 g/mol. The van der Waals surface area contributed by atoms with Crippen LogP contribution in [0.4, 0.5) is 8.78 Å². The molecule has 0 unspecified atom stereocenters. The highest BCUT2D eigenvalue weighted by atomic mass is 19.3. The zero-order valence-corrected chi connectivity index (χ0v) is 12.4. The fraction of sp³-hybridized carbons (Fsp3) is 0.588. The molecule has 1 aliphatic carbocycles. The molecule has 116 valence electrons. The fourth-order valence-electron chi connectivity index (χ4n) is 3.41. The van der Waals surface area contributed by atoms with Crippen LogP contribution in [0.5, 0.6) is 0 Å². The van der Waals surface area contributed by atoms with Gasteiger partial charge < -0.3 is 5.11 Å². The summed E-state index contributed by atoms with van der Waals surface area (Å²) < 4.78 is 29.1. The topological polar surface area (TPSA) is 37.3 Å². The molecule has 4 heteroatoms. The average Bonchev–Trinajstić information content (AvgIpc) is 2.38. The maximum Gasteiger partial charge on any atom is 0.303 e. The summed E-state index contributed by atoms with van der Waals surface area (Å²) in [5.74, 6) is -3.95. The van der Waals surface area contributed by atoms with E-state index in [1.165, 1.54) is 12.1 Å². The second-order valence-electron chi connectivity index (χ2n) is 6.38. The molecule has 1 aromatic rings. The van der Waals surface area contributed by atoms with Gasteiger partial charge in [-0.25, -0.2) is 8.78 Å². The van der Waals surface area contributed by atoms with Crippen molar-refractivity contribution in [3.8, 4) is 0 Å². The highest BCUT2D eigenvalue weighted by molar-refractivity contribution is 5.67. The number of carboxylic acid groups (broad SMARTS) is 1. The van der Waals surface area contributed by atoms with Gasteiger partial charge in [-0.3, -0.25) is 4.79 Å². The molecule has 0 atom stereocenters. The SMILES string of the molecule is Cc1ccc(C(F)(F)CC2(CC(=O)O)CCCCC2)cc1. The van der Waals surface area contributed by atoms with Gasteiger partial charge in [0.2, 0.25) is 0 Å². The number of benzene rings is 1. The molecule has 0 bridgehead atoms. The van der Waals surface area contributed by atoms with E-state index in [4.69, 9.17) is 5.11 Å². The number of hydrogen-bond acceptors (Lipinski definition) is 1. The van der Waals surface area contributed by atoms with E-state index in [9.17, 15) is 13.6 Å². The number of halogens is 2. The highest BCUT2D eigenvalue weighted by Crippen LogP contribution is 2.49. The number of rotatable bonds is 5. The minimum atomic E-state index is -2.97. The summed E-state index contributed by atoms with van der Waals surface area (Å²) >= 11 is 0. The Bertz CT molecular complexity index is 488. The van der Waals surface area contributed by atoms with Gasteiger partial charge in [-0.1, -0.05) is 49.1 Å². The molecule has 1 aliphatic rings. The van der Waals surface area contributed by atoms with Crippen molar-refractivity contribution in [3.05, 3.63) is 35.4 Å². The molecule has 1 aromatic carbocycles. The van der Waals surface area contributed by atoms with Crippen molar-refractivity contribution < 1.29 is 18.7 Å². The summed E-state index contributed by atoms with van der Waals surface area (Å²) in [6, 6.07) is 6.25. The minimum Gasteiger partial charge on any atom is -0.481 e. The molecule has 0 aromatic heterocycles. The summed E-state index contributed by atoms with van der Waals surface area (Å²) in [7, 11) is 0. The molecule has 0 saturated heterocycles. The molecule has 21 heavy (non-hydrogen) atoms. The van der Waals surface area contributed by atoms with E-state index in [0.29, 0.717) is 12.8 Å². The first-order chi connectivity index (χ1) is 9.83. The molecule has 0 radical (unpaired) electrons. The van der Waals surface area contributed by atoms with Crippen LogP contribution in [0.15, 0.2) is 24.3 Å². The van der Waals surface area contributed by atoms with Gasteiger partial charge in [0.15, 0.2) is 0 Å². The lowest BCUT2D eigenvalue weighted by atomic mass is 9.68. The van der Waals surface area contributed by atoms with Crippen molar-refractivity contribution in [1.29, 1.82) is 0 Å². The first-order valence-electron chi connectivity index (χ1n) is 7.50. The van der Waals surface area contributed by atoms with Gasteiger partial charge in [0, 0.05) is 12.0 Å². The van der Waals surface area contributed by atoms with E-state index in [-0.39, 0.29) is 18.4 Å². The van der Waals surface area contributed by atoms with Crippen molar-refractivity contribution in [2.75, 3.05) is 0 Å². The third-order valence-electron chi connectivity index (χ3n) is 4.51. The second kappa shape index (κ2) is 6.12. The van der Waals surface area contributed by atoms with Crippen LogP contribution in [-0.4, -0.2) is 11.1 Å². The summed E-state index contributed by atoms with van der Waals surface area (Å²) in [6.45, 7) is 1.86. The van der Waals surface area contributed by atoms with Crippen molar-refractivity contribution in [3.63, 3.8) is 0 Å². The number of alkyl halides is 2. The quantitative estimate of drug-likeness (QED) is 0.839. The Labute approximate surface area is 124 Å². The summed E-state index contributed by atoms with van der Waals surface area (Å²) in [4.78, 5) is 11.1. The molecule has 0 heterocycles. The van der Waals surface area contributed by atoms with Gasteiger partial charge >= 0.3 is 5.97 Å². The van der Waals surface area contributed by atoms with Crippen LogP contribution < -0.4 is 0 Å². The van der Waals surface area contributed by atoms with Gasteiger partial charge in [-0.2, -0.15) is 0 Å². The standard InChI is InChI=1S/C17H22F2O2/c1-13-5-7-14(8-6-13)17(18,19)12-16(11-15(20)21)9-3-2-4-10-16/h5-8H,2-4,9-12H2,1H3,(H,20,21). The molecule has 2 rings (SSSR count). The van der Waals surface area contributed by atoms with Crippen molar-refractivity contribution in [1.82, 2.24) is 0 Å². The lowest BCUT2D eigenvalue weighted by molar-refractivity contribution is -0.143. The van der Waals surface area contributed by atoms with Crippen LogP contribution >= 0.6 is 0 Å². The molecule has 1 fully saturated rings. The Kier molecular flexibility index (Phi) is 4.64. The van der Waals surface area contributed by atoms with Crippen LogP contribution in [0.25, 0.3) is 0 Å². The Morgan fingerprint density at radius 2 is 1.76 bits per heavy atom. The lowest BCUT2D eigenvalue weighted by Crippen LogP contribution is -2.33. The normalized spacial score (nSPS) is 18.4. The van der Waals surface area contributed by atoms with Crippen LogP contribution in [0, 0.1) is 12.3 Å². The number of hydrogen-bond donors (Lipinski definition) is 1. The Hall–Kier alpha value is -1.45.